The molecule has 1 saturated heterocycles. The molecule has 12 heteroatoms. The zero-order valence-corrected chi connectivity index (χ0v) is 21.0. The fourth-order valence-corrected chi connectivity index (χ4v) is 4.44. The fraction of sp³-hybridized carbons (Fsp3) is 0.385. The molecule has 4 aromatic rings. The molecule has 3 aromatic heterocycles. The molecule has 1 fully saturated rings. The van der Waals surface area contributed by atoms with Crippen molar-refractivity contribution in [1.82, 2.24) is 29.6 Å². The Kier molecular flexibility index (Phi) is 7.03. The Morgan fingerprint density at radius 1 is 1.03 bits per heavy atom. The number of hydrogen-bond donors (Lipinski definition) is 2. The zero-order chi connectivity index (χ0) is 27.0. The van der Waals surface area contributed by atoms with E-state index >= 15 is 0 Å². The van der Waals surface area contributed by atoms with Crippen LogP contribution in [0.15, 0.2) is 48.9 Å². The molecule has 200 valence electrons. The molecule has 0 saturated carbocycles. The van der Waals surface area contributed by atoms with E-state index in [2.05, 4.69) is 15.0 Å². The molecule has 5 rings (SSSR count). The molecule has 1 unspecified atom stereocenters. The number of aliphatic hydroxyl groups excluding tert-OH is 1. The molecule has 2 N–H and O–H groups in total. The predicted molar refractivity (Wildman–Crippen MR) is 135 cm³/mol. The lowest BCUT2D eigenvalue weighted by molar-refractivity contribution is -0.0516. The van der Waals surface area contributed by atoms with Crippen molar-refractivity contribution >= 4 is 16.9 Å². The van der Waals surface area contributed by atoms with Gasteiger partial charge in [0.15, 0.2) is 5.82 Å². The number of nitrogens with zero attached hydrogens (tertiary/aromatic N) is 7. The number of alkyl halides is 2. The van der Waals surface area contributed by atoms with Crippen LogP contribution in [0.3, 0.4) is 0 Å². The second kappa shape index (κ2) is 10.3. The van der Waals surface area contributed by atoms with Gasteiger partial charge in [-0.05, 0) is 26.0 Å². The zero-order valence-electron chi connectivity index (χ0n) is 21.0. The monoisotopic (exact) mass is 527 g/mol. The number of halogens is 3. The topological polar surface area (TPSA) is 103 Å². The van der Waals surface area contributed by atoms with E-state index in [1.165, 1.54) is 44.6 Å². The summed E-state index contributed by atoms with van der Waals surface area (Å²) in [6, 6.07) is 8.22. The van der Waals surface area contributed by atoms with Gasteiger partial charge in [0.25, 0.3) is 0 Å². The summed E-state index contributed by atoms with van der Waals surface area (Å²) in [6.45, 7) is 3.01. The molecule has 0 amide bonds. The highest BCUT2D eigenvalue weighted by Crippen LogP contribution is 2.32. The van der Waals surface area contributed by atoms with Crippen LogP contribution in [-0.4, -0.2) is 71.6 Å². The summed E-state index contributed by atoms with van der Waals surface area (Å²) < 4.78 is 41.2. The number of aromatic nitrogens is 5. The maximum atomic E-state index is 14.1. The van der Waals surface area contributed by atoms with Gasteiger partial charge in [0.1, 0.15) is 23.1 Å². The Morgan fingerprint density at radius 3 is 2.42 bits per heavy atom. The summed E-state index contributed by atoms with van der Waals surface area (Å²) in [6.07, 6.45) is 2.73. The number of hydrogen-bond acceptors (Lipinski definition) is 8. The Hall–Kier alpha value is -3.61. The van der Waals surface area contributed by atoms with Crippen molar-refractivity contribution in [1.29, 1.82) is 0 Å². The molecule has 0 spiro atoms. The van der Waals surface area contributed by atoms with E-state index in [-0.39, 0.29) is 11.5 Å². The van der Waals surface area contributed by atoms with Crippen LogP contribution < -0.4 is 4.90 Å². The van der Waals surface area contributed by atoms with Crippen LogP contribution in [0.2, 0.25) is 0 Å². The highest BCUT2D eigenvalue weighted by atomic mass is 19.3. The van der Waals surface area contributed by atoms with Crippen molar-refractivity contribution in [2.24, 2.45) is 0 Å². The van der Waals surface area contributed by atoms with E-state index in [4.69, 9.17) is 9.97 Å². The van der Waals surface area contributed by atoms with Gasteiger partial charge in [0.2, 0.25) is 0 Å². The van der Waals surface area contributed by atoms with E-state index in [1.54, 1.807) is 12.1 Å². The molecule has 0 aliphatic carbocycles. The minimum absolute atomic E-state index is 0.211. The summed E-state index contributed by atoms with van der Waals surface area (Å²) in [7, 11) is 0. The number of anilines is 1. The minimum atomic E-state index is -2.81. The summed E-state index contributed by atoms with van der Waals surface area (Å²) >= 11 is 0. The molecule has 0 bridgehead atoms. The second-order valence-electron chi connectivity index (χ2n) is 9.89. The van der Waals surface area contributed by atoms with Crippen LogP contribution in [0.1, 0.15) is 37.8 Å². The molecule has 38 heavy (non-hydrogen) atoms. The van der Waals surface area contributed by atoms with Crippen molar-refractivity contribution in [3.8, 4) is 11.3 Å². The van der Waals surface area contributed by atoms with Gasteiger partial charge in [-0.1, -0.05) is 18.2 Å². The van der Waals surface area contributed by atoms with Gasteiger partial charge in [-0.3, -0.25) is 9.88 Å². The molecule has 1 atom stereocenters. The first-order valence-electron chi connectivity index (χ1n) is 12.2. The summed E-state index contributed by atoms with van der Waals surface area (Å²) in [5, 5.41) is 24.4. The highest BCUT2D eigenvalue weighted by molar-refractivity contribution is 5.83. The van der Waals surface area contributed by atoms with Gasteiger partial charge in [-0.2, -0.15) is 13.9 Å². The number of aliphatic hydroxyl groups is 2. The lowest BCUT2D eigenvalue weighted by atomic mass is 9.98. The van der Waals surface area contributed by atoms with Gasteiger partial charge >= 0.3 is 6.55 Å². The number of benzene rings is 1. The lowest BCUT2D eigenvalue weighted by Crippen LogP contribution is -2.46. The third-order valence-corrected chi connectivity index (χ3v) is 6.60. The van der Waals surface area contributed by atoms with Crippen LogP contribution >= 0.6 is 0 Å². The quantitative estimate of drug-likeness (QED) is 0.376. The molecule has 1 aliphatic heterocycles. The van der Waals surface area contributed by atoms with E-state index < -0.39 is 18.3 Å². The van der Waals surface area contributed by atoms with Crippen LogP contribution in [0.4, 0.5) is 19.0 Å². The predicted octanol–water partition coefficient (Wildman–Crippen LogP) is 3.55. The first kappa shape index (κ1) is 26.0. The molecular weight excluding hydrogens is 499 g/mol. The number of rotatable bonds is 7. The van der Waals surface area contributed by atoms with Crippen LogP contribution in [0.5, 0.6) is 0 Å². The van der Waals surface area contributed by atoms with Crippen LogP contribution in [0.25, 0.3) is 22.3 Å². The summed E-state index contributed by atoms with van der Waals surface area (Å²) in [4.78, 5) is 17.9. The highest BCUT2D eigenvalue weighted by Gasteiger charge is 2.29. The van der Waals surface area contributed by atoms with Gasteiger partial charge in [0.05, 0.1) is 29.2 Å². The summed E-state index contributed by atoms with van der Waals surface area (Å²) in [5.74, 6) is 0.254. The van der Waals surface area contributed by atoms with Crippen LogP contribution in [-0.2, 0) is 6.54 Å². The van der Waals surface area contributed by atoms with Gasteiger partial charge in [0, 0.05) is 50.0 Å². The van der Waals surface area contributed by atoms with Crippen molar-refractivity contribution in [2.75, 3.05) is 31.1 Å². The third kappa shape index (κ3) is 5.33. The number of pyridine rings is 1. The standard InChI is InChI=1S/C26H28F3N7O2/c1-26(2,38)23(37)20-11-19-21(13-30-20)33-24(22(32-19)17-12-31-36(15-17)25(28)29)35-9-7-34(8-10-35)14-16-5-3-4-6-18(16)27/h3-6,11-13,15,23,25,37-38H,7-10,14H2,1-2H3. The van der Waals surface area contributed by atoms with E-state index in [1.807, 2.05) is 11.0 Å². The third-order valence-electron chi connectivity index (χ3n) is 6.60. The van der Waals surface area contributed by atoms with Crippen molar-refractivity contribution in [2.45, 2.75) is 38.6 Å². The van der Waals surface area contributed by atoms with Crippen molar-refractivity contribution < 1.29 is 23.4 Å². The number of piperazine rings is 1. The summed E-state index contributed by atoms with van der Waals surface area (Å²) in [5.41, 5.74) is 0.972. The lowest BCUT2D eigenvalue weighted by Gasteiger charge is -2.36. The average molecular weight is 528 g/mol. The van der Waals surface area contributed by atoms with Gasteiger partial charge in [-0.25, -0.2) is 19.0 Å². The van der Waals surface area contributed by atoms with Gasteiger partial charge < -0.3 is 15.1 Å². The maximum Gasteiger partial charge on any atom is 0.333 e. The second-order valence-corrected chi connectivity index (χ2v) is 9.89. The van der Waals surface area contributed by atoms with E-state index in [9.17, 15) is 23.4 Å². The molecule has 4 heterocycles. The smallest absolute Gasteiger partial charge is 0.333 e. The fourth-order valence-electron chi connectivity index (χ4n) is 4.44. The first-order chi connectivity index (χ1) is 18.1. The molecule has 1 aromatic carbocycles. The largest absolute Gasteiger partial charge is 0.387 e. The Balaban J connectivity index is 1.47. The normalized spacial score (nSPS) is 15.9. The number of fused-ring (bicyclic) bond motifs is 1. The van der Waals surface area contributed by atoms with E-state index in [0.29, 0.717) is 71.1 Å². The van der Waals surface area contributed by atoms with E-state index in [0.717, 1.165) is 0 Å². The Bertz CT molecular complexity index is 1430. The van der Waals surface area contributed by atoms with Crippen molar-refractivity contribution in [3.05, 3.63) is 66.0 Å². The van der Waals surface area contributed by atoms with Gasteiger partial charge in [-0.15, -0.1) is 0 Å². The molecule has 1 aliphatic rings. The molecule has 0 radical (unpaired) electrons. The SMILES string of the molecule is CC(C)(O)C(O)c1cc2nc(-c3cnn(C(F)F)c3)c(N3CCN(Cc4ccccc4F)CC3)nc2cn1. The first-order valence-corrected chi connectivity index (χ1v) is 12.2. The maximum absolute atomic E-state index is 14.1. The Labute approximate surface area is 217 Å². The average Bonchev–Trinajstić information content (AvgIpc) is 3.39. The minimum Gasteiger partial charge on any atom is -0.387 e. The Morgan fingerprint density at radius 2 is 1.76 bits per heavy atom. The van der Waals surface area contributed by atoms with Crippen LogP contribution in [0, 0.1) is 5.82 Å². The van der Waals surface area contributed by atoms with Crippen molar-refractivity contribution in [3.63, 3.8) is 0 Å². The molecular formula is C26H28F3N7O2. The molecule has 9 nitrogen and oxygen atoms in total.